The molecule has 21 heavy (non-hydrogen) atoms. The first kappa shape index (κ1) is 15.5. The highest BCUT2D eigenvalue weighted by atomic mass is 16.5. The van der Waals surface area contributed by atoms with Gasteiger partial charge in [-0.1, -0.05) is 12.1 Å². The summed E-state index contributed by atoms with van der Waals surface area (Å²) in [5.41, 5.74) is 0.692. The monoisotopic (exact) mass is 291 g/mol. The van der Waals surface area contributed by atoms with Crippen molar-refractivity contribution in [3.63, 3.8) is 0 Å². The fourth-order valence-corrected chi connectivity index (χ4v) is 2.76. The normalized spacial score (nSPS) is 22.8. The molecule has 1 fully saturated rings. The van der Waals surface area contributed by atoms with Gasteiger partial charge in [-0.2, -0.15) is 0 Å². The molecule has 0 spiro atoms. The number of carboxylic acid groups (broad SMARTS) is 1. The molecule has 0 aliphatic carbocycles. The molecule has 1 aromatic rings. The number of esters is 1. The summed E-state index contributed by atoms with van der Waals surface area (Å²) in [6.45, 7) is 3.14. The number of ether oxygens (including phenoxy) is 1. The second-order valence-electron chi connectivity index (χ2n) is 5.65. The minimum atomic E-state index is -0.806. The van der Waals surface area contributed by atoms with E-state index in [-0.39, 0.29) is 5.97 Å². The summed E-state index contributed by atoms with van der Waals surface area (Å²) in [5.74, 6) is -1.14. The molecular formula is C16H21NO4. The highest BCUT2D eigenvalue weighted by Crippen LogP contribution is 2.29. The minimum absolute atomic E-state index is 0.366. The average molecular weight is 291 g/mol. The first-order chi connectivity index (χ1) is 9.97. The van der Waals surface area contributed by atoms with Crippen molar-refractivity contribution in [3.05, 3.63) is 35.4 Å². The number of aliphatic carboxylic acids is 1. The van der Waals surface area contributed by atoms with Crippen LogP contribution in [0.25, 0.3) is 0 Å². The Morgan fingerprint density at radius 3 is 2.52 bits per heavy atom. The van der Waals surface area contributed by atoms with Gasteiger partial charge in [0, 0.05) is 6.54 Å². The molecule has 1 aliphatic rings. The molecular weight excluding hydrogens is 270 g/mol. The maximum atomic E-state index is 11.6. The summed E-state index contributed by atoms with van der Waals surface area (Å²) in [4.78, 5) is 25.0. The van der Waals surface area contributed by atoms with Gasteiger partial charge in [-0.15, -0.1) is 0 Å². The Kier molecular flexibility index (Phi) is 4.63. The zero-order valence-electron chi connectivity index (χ0n) is 12.5. The number of hydrogen-bond acceptors (Lipinski definition) is 4. The van der Waals surface area contributed by atoms with Crippen molar-refractivity contribution < 1.29 is 19.4 Å². The number of nitrogens with zero attached hydrogens (tertiary/aromatic N) is 1. The van der Waals surface area contributed by atoms with E-state index in [0.29, 0.717) is 18.5 Å². The predicted molar refractivity (Wildman–Crippen MR) is 78.1 cm³/mol. The van der Waals surface area contributed by atoms with Crippen molar-refractivity contribution in [3.8, 4) is 0 Å². The fraction of sp³-hybridized carbons (Fsp3) is 0.500. The molecule has 114 valence electrons. The van der Waals surface area contributed by atoms with Gasteiger partial charge in [0.1, 0.15) is 5.54 Å². The van der Waals surface area contributed by atoms with E-state index in [4.69, 9.17) is 0 Å². The van der Waals surface area contributed by atoms with Gasteiger partial charge in [-0.3, -0.25) is 9.69 Å². The van der Waals surface area contributed by atoms with Crippen molar-refractivity contribution in [2.45, 2.75) is 38.3 Å². The number of carbonyl (C=O) groups excluding carboxylic acids is 1. The van der Waals surface area contributed by atoms with E-state index in [1.165, 1.54) is 7.11 Å². The molecule has 0 amide bonds. The van der Waals surface area contributed by atoms with Gasteiger partial charge in [0.05, 0.1) is 12.7 Å². The minimum Gasteiger partial charge on any atom is -0.480 e. The van der Waals surface area contributed by atoms with Crippen LogP contribution in [-0.4, -0.2) is 41.1 Å². The van der Waals surface area contributed by atoms with Crippen LogP contribution in [0.1, 0.15) is 42.1 Å². The maximum Gasteiger partial charge on any atom is 0.337 e. The van der Waals surface area contributed by atoms with E-state index in [2.05, 4.69) is 4.74 Å². The van der Waals surface area contributed by atoms with E-state index >= 15 is 0 Å². The fourth-order valence-electron chi connectivity index (χ4n) is 2.76. The summed E-state index contributed by atoms with van der Waals surface area (Å²) in [7, 11) is 1.35. The van der Waals surface area contributed by atoms with Crippen LogP contribution in [0.2, 0.25) is 0 Å². The number of carbonyl (C=O) groups is 2. The number of methoxy groups -OCH3 is 1. The summed E-state index contributed by atoms with van der Waals surface area (Å²) < 4.78 is 4.66. The zero-order chi connectivity index (χ0) is 15.5. The Labute approximate surface area is 124 Å². The molecule has 1 aromatic carbocycles. The van der Waals surface area contributed by atoms with Crippen LogP contribution < -0.4 is 0 Å². The lowest BCUT2D eigenvalue weighted by Crippen LogP contribution is -2.54. The van der Waals surface area contributed by atoms with Crippen molar-refractivity contribution in [2.75, 3.05) is 13.7 Å². The van der Waals surface area contributed by atoms with E-state index < -0.39 is 11.5 Å². The van der Waals surface area contributed by atoms with Gasteiger partial charge in [0.2, 0.25) is 0 Å². The number of piperidine rings is 1. The van der Waals surface area contributed by atoms with Gasteiger partial charge < -0.3 is 9.84 Å². The second kappa shape index (κ2) is 6.26. The number of likely N-dealkylation sites (tertiary alicyclic amines) is 1. The van der Waals surface area contributed by atoms with E-state index in [1.807, 2.05) is 17.0 Å². The van der Waals surface area contributed by atoms with Crippen LogP contribution in [-0.2, 0) is 16.1 Å². The Morgan fingerprint density at radius 2 is 1.95 bits per heavy atom. The molecule has 0 aromatic heterocycles. The van der Waals surface area contributed by atoms with E-state index in [0.717, 1.165) is 24.9 Å². The first-order valence-electron chi connectivity index (χ1n) is 7.13. The van der Waals surface area contributed by atoms with E-state index in [9.17, 15) is 14.7 Å². The third kappa shape index (κ3) is 3.24. The average Bonchev–Trinajstić information content (AvgIpc) is 2.49. The molecule has 1 unspecified atom stereocenters. The summed E-state index contributed by atoms with van der Waals surface area (Å²) in [5, 5.41) is 9.49. The lowest BCUT2D eigenvalue weighted by Gasteiger charge is -2.41. The van der Waals surface area contributed by atoms with Crippen LogP contribution in [0.3, 0.4) is 0 Å². The number of carboxylic acids is 1. The molecule has 0 bridgehead atoms. The summed E-state index contributed by atoms with van der Waals surface area (Å²) >= 11 is 0. The van der Waals surface area contributed by atoms with Crippen LogP contribution in [0, 0.1) is 0 Å². The molecule has 1 N–H and O–H groups in total. The second-order valence-corrected chi connectivity index (χ2v) is 5.65. The molecule has 0 saturated carbocycles. The summed E-state index contributed by atoms with van der Waals surface area (Å²) in [6.07, 6.45) is 2.63. The molecule has 1 atom stereocenters. The number of hydrogen-bond donors (Lipinski definition) is 1. The molecule has 0 radical (unpaired) electrons. The SMILES string of the molecule is COC(=O)c1ccc(CN2CCCCC2(C)C(=O)O)cc1. The largest absolute Gasteiger partial charge is 0.480 e. The van der Waals surface area contributed by atoms with Gasteiger partial charge in [-0.05, 0) is 50.4 Å². The van der Waals surface area contributed by atoms with Crippen molar-refractivity contribution in [1.82, 2.24) is 4.90 Å². The van der Waals surface area contributed by atoms with Crippen LogP contribution in [0.15, 0.2) is 24.3 Å². The Bertz CT molecular complexity index is 526. The van der Waals surface area contributed by atoms with Crippen LogP contribution in [0.5, 0.6) is 0 Å². The lowest BCUT2D eigenvalue weighted by atomic mass is 9.88. The Balaban J connectivity index is 2.12. The predicted octanol–water partition coefficient (Wildman–Crippen LogP) is 2.30. The van der Waals surface area contributed by atoms with Gasteiger partial charge in [0.25, 0.3) is 0 Å². The maximum absolute atomic E-state index is 11.6. The first-order valence-corrected chi connectivity index (χ1v) is 7.13. The zero-order valence-corrected chi connectivity index (χ0v) is 12.5. The van der Waals surface area contributed by atoms with Gasteiger partial charge in [0.15, 0.2) is 0 Å². The third-order valence-corrected chi connectivity index (χ3v) is 4.25. The topological polar surface area (TPSA) is 66.8 Å². The smallest absolute Gasteiger partial charge is 0.337 e. The Morgan fingerprint density at radius 1 is 1.29 bits per heavy atom. The molecule has 1 heterocycles. The third-order valence-electron chi connectivity index (χ3n) is 4.25. The summed E-state index contributed by atoms with van der Waals surface area (Å²) in [6, 6.07) is 7.12. The molecule has 5 nitrogen and oxygen atoms in total. The number of benzene rings is 1. The number of rotatable bonds is 4. The highest BCUT2D eigenvalue weighted by molar-refractivity contribution is 5.89. The molecule has 2 rings (SSSR count). The highest BCUT2D eigenvalue weighted by Gasteiger charge is 2.41. The lowest BCUT2D eigenvalue weighted by molar-refractivity contribution is -0.153. The van der Waals surface area contributed by atoms with Gasteiger partial charge >= 0.3 is 11.9 Å². The van der Waals surface area contributed by atoms with Crippen molar-refractivity contribution in [2.24, 2.45) is 0 Å². The quantitative estimate of drug-likeness (QED) is 0.862. The standard InChI is InChI=1S/C16H21NO4/c1-16(15(19)20)9-3-4-10-17(16)11-12-5-7-13(8-6-12)14(18)21-2/h5-8H,3-4,9-11H2,1-2H3,(H,19,20). The Hall–Kier alpha value is -1.88. The van der Waals surface area contributed by atoms with Crippen LogP contribution >= 0.6 is 0 Å². The van der Waals surface area contributed by atoms with E-state index in [1.54, 1.807) is 19.1 Å². The van der Waals surface area contributed by atoms with Crippen molar-refractivity contribution in [1.29, 1.82) is 0 Å². The molecule has 5 heteroatoms. The molecule has 1 aliphatic heterocycles. The molecule has 1 saturated heterocycles. The van der Waals surface area contributed by atoms with Crippen LogP contribution in [0.4, 0.5) is 0 Å². The van der Waals surface area contributed by atoms with Crippen molar-refractivity contribution >= 4 is 11.9 Å². The van der Waals surface area contributed by atoms with Gasteiger partial charge in [-0.25, -0.2) is 4.79 Å².